The third-order valence-electron chi connectivity index (χ3n) is 5.18. The van der Waals surface area contributed by atoms with Crippen molar-refractivity contribution in [3.63, 3.8) is 0 Å². The molecule has 3 N–H and O–H groups in total. The van der Waals surface area contributed by atoms with E-state index in [4.69, 9.17) is 0 Å². The number of nitrogens with one attached hydrogen (secondary N) is 3. The largest absolute Gasteiger partial charge is 0.351 e. The van der Waals surface area contributed by atoms with Crippen molar-refractivity contribution in [1.82, 2.24) is 15.5 Å². The van der Waals surface area contributed by atoms with Gasteiger partial charge in [0.25, 0.3) is 0 Å². The molecule has 2 aromatic carbocycles. The van der Waals surface area contributed by atoms with Gasteiger partial charge in [-0.1, -0.05) is 36.4 Å². The van der Waals surface area contributed by atoms with E-state index in [1.54, 1.807) is 11.0 Å². The lowest BCUT2D eigenvalue weighted by Gasteiger charge is -2.33. The number of urea groups is 1. The smallest absolute Gasteiger partial charge is 0.321 e. The highest BCUT2D eigenvalue weighted by Gasteiger charge is 2.27. The number of rotatable bonds is 6. The first-order chi connectivity index (χ1) is 14.9. The van der Waals surface area contributed by atoms with E-state index in [2.05, 4.69) is 16.0 Å². The Balaban J connectivity index is 1.50. The van der Waals surface area contributed by atoms with E-state index in [0.29, 0.717) is 38.0 Å². The van der Waals surface area contributed by atoms with Gasteiger partial charge in [0.05, 0.1) is 0 Å². The molecule has 1 aliphatic rings. The number of anilines is 1. The van der Waals surface area contributed by atoms with Crippen molar-refractivity contribution < 1.29 is 18.8 Å². The highest BCUT2D eigenvalue weighted by Crippen LogP contribution is 2.15. The van der Waals surface area contributed by atoms with Gasteiger partial charge in [-0.25, -0.2) is 9.18 Å². The van der Waals surface area contributed by atoms with Crippen molar-refractivity contribution in [2.45, 2.75) is 38.3 Å². The van der Waals surface area contributed by atoms with Crippen molar-refractivity contribution in [2.24, 2.45) is 0 Å². The Labute approximate surface area is 181 Å². The van der Waals surface area contributed by atoms with E-state index in [1.807, 2.05) is 30.3 Å². The van der Waals surface area contributed by atoms with E-state index in [9.17, 15) is 18.8 Å². The molecular weight excluding hydrogens is 399 g/mol. The van der Waals surface area contributed by atoms with Gasteiger partial charge in [0.1, 0.15) is 11.9 Å². The van der Waals surface area contributed by atoms with Crippen LogP contribution in [0.5, 0.6) is 0 Å². The first-order valence-corrected chi connectivity index (χ1v) is 10.3. The minimum atomic E-state index is -0.658. The van der Waals surface area contributed by atoms with E-state index in [1.165, 1.54) is 25.1 Å². The maximum Gasteiger partial charge on any atom is 0.321 e. The summed E-state index contributed by atoms with van der Waals surface area (Å²) in [6.07, 6.45) is 1.60. The molecule has 1 heterocycles. The average Bonchev–Trinajstić information content (AvgIpc) is 2.74. The average molecular weight is 426 g/mol. The Bertz CT molecular complexity index is 914. The van der Waals surface area contributed by atoms with Gasteiger partial charge >= 0.3 is 6.03 Å². The number of piperidine rings is 1. The fourth-order valence-corrected chi connectivity index (χ4v) is 3.60. The van der Waals surface area contributed by atoms with Gasteiger partial charge in [-0.2, -0.15) is 0 Å². The predicted octanol–water partition coefficient (Wildman–Crippen LogP) is 2.69. The van der Waals surface area contributed by atoms with Crippen molar-refractivity contribution in [3.8, 4) is 0 Å². The SMILES string of the molecule is CC(=O)N[C@H](Cc1ccccc1)C(=O)NC1CCN(C(=O)Nc2cccc(F)c2)CC1. The first-order valence-electron chi connectivity index (χ1n) is 10.3. The monoisotopic (exact) mass is 426 g/mol. The summed E-state index contributed by atoms with van der Waals surface area (Å²) in [6, 6.07) is 14.2. The molecule has 0 unspecified atom stereocenters. The molecule has 0 aliphatic carbocycles. The van der Waals surface area contributed by atoms with Crippen LogP contribution in [0.25, 0.3) is 0 Å². The molecular formula is C23H27FN4O3. The summed E-state index contributed by atoms with van der Waals surface area (Å²) in [7, 11) is 0. The van der Waals surface area contributed by atoms with Crippen molar-refractivity contribution >= 4 is 23.5 Å². The maximum absolute atomic E-state index is 13.3. The molecule has 1 atom stereocenters. The molecule has 2 aromatic rings. The number of carbonyl (C=O) groups is 3. The number of hydrogen-bond acceptors (Lipinski definition) is 3. The topological polar surface area (TPSA) is 90.5 Å². The van der Waals surface area contributed by atoms with E-state index >= 15 is 0 Å². The summed E-state index contributed by atoms with van der Waals surface area (Å²) in [6.45, 7) is 2.33. The molecule has 3 rings (SSSR count). The molecule has 31 heavy (non-hydrogen) atoms. The van der Waals surface area contributed by atoms with Gasteiger partial charge in [0.2, 0.25) is 11.8 Å². The Kier molecular flexibility index (Phi) is 7.59. The van der Waals surface area contributed by atoms with Crippen LogP contribution >= 0.6 is 0 Å². The molecule has 0 saturated carbocycles. The Morgan fingerprint density at radius 2 is 1.77 bits per heavy atom. The number of nitrogens with zero attached hydrogens (tertiary/aromatic N) is 1. The molecule has 0 radical (unpaired) electrons. The van der Waals surface area contributed by atoms with Crippen LogP contribution in [0.2, 0.25) is 0 Å². The Morgan fingerprint density at radius 1 is 1.06 bits per heavy atom. The van der Waals surface area contributed by atoms with Crippen molar-refractivity contribution in [2.75, 3.05) is 18.4 Å². The lowest BCUT2D eigenvalue weighted by molar-refractivity contribution is -0.128. The van der Waals surface area contributed by atoms with E-state index in [0.717, 1.165) is 5.56 Å². The minimum absolute atomic E-state index is 0.0854. The zero-order valence-corrected chi connectivity index (χ0v) is 17.4. The summed E-state index contributed by atoms with van der Waals surface area (Å²) < 4.78 is 13.3. The van der Waals surface area contributed by atoms with Crippen LogP contribution in [-0.2, 0) is 16.0 Å². The third-order valence-corrected chi connectivity index (χ3v) is 5.18. The van der Waals surface area contributed by atoms with Crippen LogP contribution in [0.3, 0.4) is 0 Å². The zero-order valence-electron chi connectivity index (χ0n) is 17.4. The summed E-state index contributed by atoms with van der Waals surface area (Å²) in [5, 5.41) is 8.41. The van der Waals surface area contributed by atoms with Crippen LogP contribution in [0.4, 0.5) is 14.9 Å². The second kappa shape index (κ2) is 10.6. The molecule has 1 saturated heterocycles. The first kappa shape index (κ1) is 22.3. The fraction of sp³-hybridized carbons (Fsp3) is 0.348. The molecule has 4 amide bonds. The third kappa shape index (κ3) is 6.80. The standard InChI is InChI=1S/C23H27FN4O3/c1-16(29)25-21(14-17-6-3-2-4-7-17)22(30)26-19-10-12-28(13-11-19)23(31)27-20-9-5-8-18(24)15-20/h2-9,15,19,21H,10-14H2,1H3,(H,25,29)(H,26,30)(H,27,31)/t21-/m1/s1. The highest BCUT2D eigenvalue weighted by molar-refractivity contribution is 5.89. The van der Waals surface area contributed by atoms with Crippen LogP contribution in [-0.4, -0.2) is 47.9 Å². The van der Waals surface area contributed by atoms with Crippen LogP contribution < -0.4 is 16.0 Å². The molecule has 0 bridgehead atoms. The summed E-state index contributed by atoms with van der Waals surface area (Å²) in [5.74, 6) is -0.912. The van der Waals surface area contributed by atoms with Gasteiger partial charge in [-0.15, -0.1) is 0 Å². The van der Waals surface area contributed by atoms with E-state index in [-0.39, 0.29) is 23.9 Å². The van der Waals surface area contributed by atoms with Crippen LogP contribution in [0, 0.1) is 5.82 Å². The second-order valence-corrected chi connectivity index (χ2v) is 7.65. The summed E-state index contributed by atoms with van der Waals surface area (Å²) in [5.41, 5.74) is 1.36. The van der Waals surface area contributed by atoms with Gasteiger partial charge in [0.15, 0.2) is 0 Å². The number of carbonyl (C=O) groups excluding carboxylic acids is 3. The van der Waals surface area contributed by atoms with Crippen LogP contribution in [0.15, 0.2) is 54.6 Å². The number of amides is 4. The molecule has 1 aliphatic heterocycles. The molecule has 1 fully saturated rings. The highest BCUT2D eigenvalue weighted by atomic mass is 19.1. The maximum atomic E-state index is 13.3. The van der Waals surface area contributed by atoms with Crippen LogP contribution in [0.1, 0.15) is 25.3 Å². The number of benzene rings is 2. The van der Waals surface area contributed by atoms with Gasteiger partial charge in [-0.3, -0.25) is 9.59 Å². The fourth-order valence-electron chi connectivity index (χ4n) is 3.60. The zero-order chi connectivity index (χ0) is 22.2. The predicted molar refractivity (Wildman–Crippen MR) is 116 cm³/mol. The molecule has 164 valence electrons. The molecule has 0 aromatic heterocycles. The molecule has 8 heteroatoms. The Hall–Kier alpha value is -3.42. The number of likely N-dealkylation sites (tertiary alicyclic amines) is 1. The lowest BCUT2D eigenvalue weighted by atomic mass is 10.0. The molecule has 7 nitrogen and oxygen atoms in total. The Morgan fingerprint density at radius 3 is 2.42 bits per heavy atom. The lowest BCUT2D eigenvalue weighted by Crippen LogP contribution is -2.53. The van der Waals surface area contributed by atoms with Crippen molar-refractivity contribution in [3.05, 3.63) is 66.0 Å². The second-order valence-electron chi connectivity index (χ2n) is 7.65. The normalized spacial score (nSPS) is 15.1. The van der Waals surface area contributed by atoms with Crippen molar-refractivity contribution in [1.29, 1.82) is 0 Å². The number of hydrogen-bond donors (Lipinski definition) is 3. The summed E-state index contributed by atoms with van der Waals surface area (Å²) >= 11 is 0. The summed E-state index contributed by atoms with van der Waals surface area (Å²) in [4.78, 5) is 38.4. The van der Waals surface area contributed by atoms with Gasteiger partial charge in [-0.05, 0) is 36.6 Å². The van der Waals surface area contributed by atoms with E-state index < -0.39 is 11.9 Å². The van der Waals surface area contributed by atoms with Gasteiger partial charge in [0, 0.05) is 38.2 Å². The van der Waals surface area contributed by atoms with Gasteiger partial charge < -0.3 is 20.9 Å². The quantitative estimate of drug-likeness (QED) is 0.663. The molecule has 0 spiro atoms. The minimum Gasteiger partial charge on any atom is -0.351 e. The number of halogens is 1.